The summed E-state index contributed by atoms with van der Waals surface area (Å²) in [6, 6.07) is 10.3. The normalized spacial score (nSPS) is 12.1. The van der Waals surface area contributed by atoms with E-state index < -0.39 is 11.6 Å². The van der Waals surface area contributed by atoms with Gasteiger partial charge in [0, 0.05) is 11.8 Å². The van der Waals surface area contributed by atoms with Gasteiger partial charge in [-0.1, -0.05) is 12.1 Å². The molecule has 1 amide bonds. The molecule has 4 nitrogen and oxygen atoms in total. The maximum Gasteiger partial charge on any atom is 0.220 e. The minimum absolute atomic E-state index is 0.0507. The minimum Gasteiger partial charge on any atom is -0.490 e. The van der Waals surface area contributed by atoms with Crippen LogP contribution in [-0.4, -0.2) is 12.5 Å². The second kappa shape index (κ2) is 8.20. The minimum atomic E-state index is -0.521. The summed E-state index contributed by atoms with van der Waals surface area (Å²) in [5.41, 5.74) is 0.820. The number of halogens is 2. The topological polar surface area (TPSA) is 51.5 Å². The zero-order chi connectivity index (χ0) is 19.4. The number of para-hydroxylation sites is 1. The third kappa shape index (κ3) is 4.45. The zero-order valence-electron chi connectivity index (χ0n) is 15.2. The summed E-state index contributed by atoms with van der Waals surface area (Å²) in [7, 11) is 0. The molecule has 142 valence electrons. The van der Waals surface area contributed by atoms with E-state index in [9.17, 15) is 13.6 Å². The van der Waals surface area contributed by atoms with Crippen LogP contribution in [-0.2, 0) is 11.2 Å². The molecule has 0 bridgehead atoms. The number of rotatable bonds is 7. The molecule has 0 fully saturated rings. The maximum absolute atomic E-state index is 13.6. The summed E-state index contributed by atoms with van der Waals surface area (Å²) >= 11 is 0. The third-order valence-electron chi connectivity index (χ3n) is 4.26. The van der Waals surface area contributed by atoms with Crippen LogP contribution >= 0.6 is 0 Å². The number of aryl methyl sites for hydroxylation is 1. The van der Waals surface area contributed by atoms with Gasteiger partial charge in [0.2, 0.25) is 5.91 Å². The van der Waals surface area contributed by atoms with Crippen LogP contribution in [0.4, 0.5) is 8.78 Å². The molecule has 0 aliphatic heterocycles. The van der Waals surface area contributed by atoms with Crippen molar-refractivity contribution in [2.24, 2.45) is 0 Å². The third-order valence-corrected chi connectivity index (χ3v) is 4.26. The van der Waals surface area contributed by atoms with Crippen molar-refractivity contribution in [1.29, 1.82) is 0 Å². The molecule has 1 atom stereocenters. The van der Waals surface area contributed by atoms with Crippen molar-refractivity contribution in [3.8, 4) is 5.75 Å². The van der Waals surface area contributed by atoms with Gasteiger partial charge in [0.1, 0.15) is 17.4 Å². The highest BCUT2D eigenvalue weighted by Gasteiger charge is 2.16. The fourth-order valence-electron chi connectivity index (χ4n) is 2.91. The number of fused-ring (bicyclic) bond motifs is 1. The van der Waals surface area contributed by atoms with Crippen molar-refractivity contribution < 1.29 is 22.7 Å². The Kier molecular flexibility index (Phi) is 5.74. The highest BCUT2D eigenvalue weighted by Crippen LogP contribution is 2.31. The van der Waals surface area contributed by atoms with Crippen molar-refractivity contribution >= 4 is 16.9 Å². The Hall–Kier alpha value is -2.89. The van der Waals surface area contributed by atoms with Crippen LogP contribution in [0.15, 0.2) is 46.9 Å². The van der Waals surface area contributed by atoms with Crippen molar-refractivity contribution in [2.45, 2.75) is 32.7 Å². The maximum atomic E-state index is 13.6. The lowest BCUT2D eigenvalue weighted by Crippen LogP contribution is -2.26. The van der Waals surface area contributed by atoms with Gasteiger partial charge < -0.3 is 14.5 Å². The van der Waals surface area contributed by atoms with E-state index in [1.165, 1.54) is 0 Å². The van der Waals surface area contributed by atoms with E-state index in [2.05, 4.69) is 5.32 Å². The summed E-state index contributed by atoms with van der Waals surface area (Å²) in [5.74, 6) is -0.0500. The molecular formula is C21H21F2NO3. The van der Waals surface area contributed by atoms with Crippen molar-refractivity contribution in [3.63, 3.8) is 0 Å². The number of furan rings is 1. The fourth-order valence-corrected chi connectivity index (χ4v) is 2.91. The highest BCUT2D eigenvalue weighted by molar-refractivity contribution is 5.84. The van der Waals surface area contributed by atoms with Gasteiger partial charge >= 0.3 is 0 Å². The largest absolute Gasteiger partial charge is 0.490 e. The molecule has 2 aromatic carbocycles. The van der Waals surface area contributed by atoms with E-state index in [0.717, 1.165) is 23.6 Å². The SMILES string of the molecule is CCOc1cccc2cc(C(C)NC(=O)CCc3cc(F)ccc3F)oc12. The van der Waals surface area contributed by atoms with Crippen LogP contribution < -0.4 is 10.1 Å². The van der Waals surface area contributed by atoms with Gasteiger partial charge in [-0.3, -0.25) is 4.79 Å². The number of benzene rings is 2. The monoisotopic (exact) mass is 373 g/mol. The number of carbonyl (C=O) groups is 1. The molecule has 1 heterocycles. The van der Waals surface area contributed by atoms with Crippen molar-refractivity contribution in [1.82, 2.24) is 5.32 Å². The summed E-state index contributed by atoms with van der Waals surface area (Å²) in [6.45, 7) is 4.23. The Morgan fingerprint density at radius 2 is 2.04 bits per heavy atom. The second-order valence-corrected chi connectivity index (χ2v) is 6.28. The summed E-state index contributed by atoms with van der Waals surface area (Å²) in [5, 5.41) is 3.71. The van der Waals surface area contributed by atoms with E-state index in [1.54, 1.807) is 6.92 Å². The Morgan fingerprint density at radius 3 is 2.81 bits per heavy atom. The fraction of sp³-hybridized carbons (Fsp3) is 0.286. The standard InChI is InChI=1S/C21H21F2NO3/c1-3-26-18-6-4-5-15-12-19(27-21(15)18)13(2)24-20(25)10-7-14-11-16(22)8-9-17(14)23/h4-6,8-9,11-13H,3,7,10H2,1-2H3,(H,24,25). The van der Waals surface area contributed by atoms with Gasteiger partial charge in [-0.15, -0.1) is 0 Å². The predicted octanol–water partition coefficient (Wildman–Crippen LogP) is 4.92. The number of hydrogen-bond acceptors (Lipinski definition) is 3. The first-order valence-electron chi connectivity index (χ1n) is 8.86. The Labute approximate surface area is 156 Å². The van der Waals surface area contributed by atoms with Gasteiger partial charge in [-0.2, -0.15) is 0 Å². The Morgan fingerprint density at radius 1 is 1.22 bits per heavy atom. The van der Waals surface area contributed by atoms with E-state index in [4.69, 9.17) is 9.15 Å². The van der Waals surface area contributed by atoms with E-state index in [1.807, 2.05) is 31.2 Å². The number of nitrogens with one attached hydrogen (secondary N) is 1. The number of carbonyl (C=O) groups excluding carboxylic acids is 1. The summed E-state index contributed by atoms with van der Waals surface area (Å²) < 4.78 is 38.3. The second-order valence-electron chi connectivity index (χ2n) is 6.28. The zero-order valence-corrected chi connectivity index (χ0v) is 15.2. The number of amides is 1. The van der Waals surface area contributed by atoms with Crippen LogP contribution in [0.3, 0.4) is 0 Å². The molecule has 0 spiro atoms. The molecule has 0 saturated heterocycles. The van der Waals surface area contributed by atoms with Crippen LogP contribution in [0.5, 0.6) is 5.75 Å². The van der Waals surface area contributed by atoms with Gasteiger partial charge in [-0.05, 0) is 56.2 Å². The quantitative estimate of drug-likeness (QED) is 0.640. The number of ether oxygens (including phenoxy) is 1. The highest BCUT2D eigenvalue weighted by atomic mass is 19.1. The van der Waals surface area contributed by atoms with E-state index in [-0.39, 0.29) is 30.4 Å². The first kappa shape index (κ1) is 18.9. The Bertz CT molecular complexity index is 952. The number of hydrogen-bond donors (Lipinski definition) is 1. The molecule has 0 radical (unpaired) electrons. The molecule has 1 unspecified atom stereocenters. The van der Waals surface area contributed by atoms with Gasteiger partial charge in [0.15, 0.2) is 11.3 Å². The van der Waals surface area contributed by atoms with Crippen LogP contribution in [0.25, 0.3) is 11.0 Å². The first-order valence-corrected chi connectivity index (χ1v) is 8.86. The molecule has 1 N–H and O–H groups in total. The molecule has 27 heavy (non-hydrogen) atoms. The van der Waals surface area contributed by atoms with Crippen molar-refractivity contribution in [2.75, 3.05) is 6.61 Å². The van der Waals surface area contributed by atoms with E-state index in [0.29, 0.717) is 23.7 Å². The average molecular weight is 373 g/mol. The first-order chi connectivity index (χ1) is 13.0. The average Bonchev–Trinajstić information content (AvgIpc) is 3.08. The molecule has 0 saturated carbocycles. The lowest BCUT2D eigenvalue weighted by molar-refractivity contribution is -0.121. The Balaban J connectivity index is 1.65. The van der Waals surface area contributed by atoms with Crippen molar-refractivity contribution in [3.05, 3.63) is 65.4 Å². The molecular weight excluding hydrogens is 352 g/mol. The molecule has 0 aliphatic carbocycles. The van der Waals surface area contributed by atoms with Crippen LogP contribution in [0.2, 0.25) is 0 Å². The predicted molar refractivity (Wildman–Crippen MR) is 98.6 cm³/mol. The molecule has 6 heteroatoms. The van der Waals surface area contributed by atoms with Crippen LogP contribution in [0.1, 0.15) is 37.6 Å². The lowest BCUT2D eigenvalue weighted by atomic mass is 10.1. The lowest BCUT2D eigenvalue weighted by Gasteiger charge is -2.11. The van der Waals surface area contributed by atoms with Gasteiger partial charge in [0.05, 0.1) is 12.6 Å². The summed E-state index contributed by atoms with van der Waals surface area (Å²) in [4.78, 5) is 12.2. The molecule has 1 aromatic heterocycles. The molecule has 3 aromatic rings. The smallest absolute Gasteiger partial charge is 0.220 e. The van der Waals surface area contributed by atoms with E-state index >= 15 is 0 Å². The van der Waals surface area contributed by atoms with Gasteiger partial charge in [0.25, 0.3) is 0 Å². The molecule has 3 rings (SSSR count). The van der Waals surface area contributed by atoms with Gasteiger partial charge in [-0.25, -0.2) is 8.78 Å². The molecule has 0 aliphatic rings. The summed E-state index contributed by atoms with van der Waals surface area (Å²) in [6.07, 6.45) is 0.173. The van der Waals surface area contributed by atoms with Crippen LogP contribution in [0, 0.1) is 11.6 Å².